The summed E-state index contributed by atoms with van der Waals surface area (Å²) in [6, 6.07) is 7.35. The first kappa shape index (κ1) is 15.3. The van der Waals surface area contributed by atoms with Crippen LogP contribution < -0.4 is 10.1 Å². The number of hydrogen-bond donors (Lipinski definition) is 1. The van der Waals surface area contributed by atoms with E-state index in [9.17, 15) is 9.59 Å². The minimum Gasteiger partial charge on any atom is -0.495 e. The summed E-state index contributed by atoms with van der Waals surface area (Å²) >= 11 is 0. The van der Waals surface area contributed by atoms with Gasteiger partial charge in [0.15, 0.2) is 0 Å². The van der Waals surface area contributed by atoms with Gasteiger partial charge in [-0.2, -0.15) is 0 Å². The molecule has 0 spiro atoms. The Bertz CT molecular complexity index is 485. The third kappa shape index (κ3) is 4.46. The summed E-state index contributed by atoms with van der Waals surface area (Å²) in [7, 11) is 1.58. The summed E-state index contributed by atoms with van der Waals surface area (Å²) in [5, 5.41) is 2.86. The van der Waals surface area contributed by atoms with E-state index >= 15 is 0 Å². The average molecular weight is 291 g/mol. The van der Waals surface area contributed by atoms with Gasteiger partial charge >= 0.3 is 0 Å². The van der Waals surface area contributed by atoms with Gasteiger partial charge in [-0.1, -0.05) is 12.1 Å². The molecule has 6 heteroatoms. The molecule has 0 unspecified atom stereocenters. The van der Waals surface area contributed by atoms with Gasteiger partial charge in [0.05, 0.1) is 12.8 Å². The van der Waals surface area contributed by atoms with Gasteiger partial charge in [-0.25, -0.2) is 0 Å². The Morgan fingerprint density at radius 1 is 1.29 bits per heavy atom. The van der Waals surface area contributed by atoms with Crippen LogP contribution in [0.25, 0.3) is 0 Å². The molecule has 0 saturated carbocycles. The van der Waals surface area contributed by atoms with Gasteiger partial charge in [0.25, 0.3) is 0 Å². The Labute approximate surface area is 124 Å². The summed E-state index contributed by atoms with van der Waals surface area (Å²) in [4.78, 5) is 26.6. The third-order valence-electron chi connectivity index (χ3n) is 3.59. The number of para-hydroxylation sites is 2. The molecular weight excluding hydrogens is 270 g/mol. The largest absolute Gasteiger partial charge is 0.495 e. The number of carbonyl (C=O) groups is 2. The van der Waals surface area contributed by atoms with Crippen LogP contribution in [0.5, 0.6) is 5.75 Å². The number of hydrogen-bond acceptors (Lipinski definition) is 4. The highest BCUT2D eigenvalue weighted by molar-refractivity contribution is 5.92. The monoisotopic (exact) mass is 291 g/mol. The van der Waals surface area contributed by atoms with Crippen LogP contribution in [0.2, 0.25) is 0 Å². The number of anilines is 1. The van der Waals surface area contributed by atoms with Crippen molar-refractivity contribution >= 4 is 18.0 Å². The molecule has 1 heterocycles. The molecule has 21 heavy (non-hydrogen) atoms. The maximum Gasteiger partial charge on any atom is 0.225 e. The van der Waals surface area contributed by atoms with Crippen LogP contribution in [0.3, 0.4) is 0 Å². The second-order valence-electron chi connectivity index (χ2n) is 4.98. The van der Waals surface area contributed by atoms with E-state index in [4.69, 9.17) is 4.74 Å². The van der Waals surface area contributed by atoms with Crippen molar-refractivity contribution in [2.24, 2.45) is 0 Å². The molecule has 1 aliphatic heterocycles. The van der Waals surface area contributed by atoms with Crippen molar-refractivity contribution < 1.29 is 14.3 Å². The highest BCUT2D eigenvalue weighted by Crippen LogP contribution is 2.23. The van der Waals surface area contributed by atoms with Crippen molar-refractivity contribution in [3.8, 4) is 5.75 Å². The number of benzene rings is 1. The smallest absolute Gasteiger partial charge is 0.225 e. The molecule has 0 aromatic heterocycles. The van der Waals surface area contributed by atoms with Crippen LogP contribution in [0, 0.1) is 0 Å². The molecule has 1 aliphatic rings. The van der Waals surface area contributed by atoms with E-state index in [-0.39, 0.29) is 5.91 Å². The van der Waals surface area contributed by atoms with Crippen LogP contribution >= 0.6 is 0 Å². The molecule has 0 aliphatic carbocycles. The van der Waals surface area contributed by atoms with E-state index in [2.05, 4.69) is 10.2 Å². The fourth-order valence-electron chi connectivity index (χ4n) is 2.31. The lowest BCUT2D eigenvalue weighted by Crippen LogP contribution is -2.46. The molecule has 1 aromatic carbocycles. The Balaban J connectivity index is 1.76. The molecule has 1 saturated heterocycles. The molecule has 1 aromatic rings. The van der Waals surface area contributed by atoms with Crippen molar-refractivity contribution in [2.75, 3.05) is 45.2 Å². The maximum atomic E-state index is 12.0. The fraction of sp³-hybridized carbons (Fsp3) is 0.467. The van der Waals surface area contributed by atoms with Crippen LogP contribution in [0.1, 0.15) is 6.42 Å². The van der Waals surface area contributed by atoms with Crippen LogP contribution in [-0.4, -0.2) is 62.0 Å². The first-order valence-electron chi connectivity index (χ1n) is 7.07. The zero-order valence-corrected chi connectivity index (χ0v) is 12.2. The molecule has 2 amide bonds. The second-order valence-corrected chi connectivity index (χ2v) is 4.98. The average Bonchev–Trinajstić information content (AvgIpc) is 2.54. The van der Waals surface area contributed by atoms with Crippen molar-refractivity contribution in [3.05, 3.63) is 24.3 Å². The van der Waals surface area contributed by atoms with E-state index in [1.54, 1.807) is 12.0 Å². The molecular formula is C15H21N3O3. The Morgan fingerprint density at radius 2 is 2.00 bits per heavy atom. The molecule has 2 rings (SSSR count). The van der Waals surface area contributed by atoms with Crippen molar-refractivity contribution in [3.63, 3.8) is 0 Å². The molecule has 6 nitrogen and oxygen atoms in total. The zero-order valence-electron chi connectivity index (χ0n) is 12.2. The number of amides is 2. The van der Waals surface area contributed by atoms with Crippen LogP contribution in [-0.2, 0) is 9.59 Å². The quantitative estimate of drug-likeness (QED) is 0.788. The van der Waals surface area contributed by atoms with E-state index in [1.165, 1.54) is 0 Å². The predicted octanol–water partition coefficient (Wildman–Crippen LogP) is 0.798. The van der Waals surface area contributed by atoms with Gasteiger partial charge < -0.3 is 15.0 Å². The summed E-state index contributed by atoms with van der Waals surface area (Å²) in [5.74, 6) is 0.628. The first-order valence-corrected chi connectivity index (χ1v) is 7.07. The maximum absolute atomic E-state index is 12.0. The zero-order chi connectivity index (χ0) is 15.1. The minimum absolute atomic E-state index is 0.0303. The second kappa shape index (κ2) is 7.64. The van der Waals surface area contributed by atoms with Gasteiger partial charge in [-0.3, -0.25) is 14.5 Å². The molecule has 0 radical (unpaired) electrons. The van der Waals surface area contributed by atoms with Gasteiger partial charge in [0, 0.05) is 39.1 Å². The van der Waals surface area contributed by atoms with E-state index in [0.717, 1.165) is 32.6 Å². The number of carbonyl (C=O) groups excluding carboxylic acids is 2. The van der Waals surface area contributed by atoms with Gasteiger partial charge in [0.2, 0.25) is 12.3 Å². The Morgan fingerprint density at radius 3 is 2.67 bits per heavy atom. The lowest BCUT2D eigenvalue weighted by Gasteiger charge is -2.32. The third-order valence-corrected chi connectivity index (χ3v) is 3.59. The highest BCUT2D eigenvalue weighted by Gasteiger charge is 2.16. The Hall–Kier alpha value is -2.08. The molecule has 0 bridgehead atoms. The number of nitrogens with zero attached hydrogens (tertiary/aromatic N) is 2. The number of methoxy groups -OCH3 is 1. The van der Waals surface area contributed by atoms with Crippen molar-refractivity contribution in [1.29, 1.82) is 0 Å². The number of ether oxygens (including phenoxy) is 1. The van der Waals surface area contributed by atoms with E-state index in [0.29, 0.717) is 24.4 Å². The predicted molar refractivity (Wildman–Crippen MR) is 80.3 cm³/mol. The standard InChI is InChI=1S/C15H21N3O3/c1-21-14-5-3-2-4-13(14)16-15(20)6-7-17-8-10-18(12-19)11-9-17/h2-5,12H,6-11H2,1H3,(H,16,20). The summed E-state index contributed by atoms with van der Waals surface area (Å²) in [5.41, 5.74) is 0.691. The minimum atomic E-state index is -0.0303. The number of nitrogens with one attached hydrogen (secondary N) is 1. The first-order chi connectivity index (χ1) is 10.2. The lowest BCUT2D eigenvalue weighted by atomic mass is 10.2. The fourth-order valence-corrected chi connectivity index (χ4v) is 2.31. The summed E-state index contributed by atoms with van der Waals surface area (Å²) in [6.07, 6.45) is 1.31. The Kier molecular flexibility index (Phi) is 5.57. The molecule has 1 N–H and O–H groups in total. The number of rotatable bonds is 6. The number of piperazine rings is 1. The van der Waals surface area contributed by atoms with Gasteiger partial charge in [-0.05, 0) is 12.1 Å². The molecule has 114 valence electrons. The normalized spacial score (nSPS) is 15.6. The SMILES string of the molecule is COc1ccccc1NC(=O)CCN1CCN(C=O)CC1. The molecule has 1 fully saturated rings. The van der Waals surface area contributed by atoms with Gasteiger partial charge in [-0.15, -0.1) is 0 Å². The van der Waals surface area contributed by atoms with Gasteiger partial charge in [0.1, 0.15) is 5.75 Å². The van der Waals surface area contributed by atoms with E-state index < -0.39 is 0 Å². The topological polar surface area (TPSA) is 61.9 Å². The highest BCUT2D eigenvalue weighted by atomic mass is 16.5. The van der Waals surface area contributed by atoms with Crippen molar-refractivity contribution in [2.45, 2.75) is 6.42 Å². The van der Waals surface area contributed by atoms with E-state index in [1.807, 2.05) is 24.3 Å². The lowest BCUT2D eigenvalue weighted by molar-refractivity contribution is -0.120. The van der Waals surface area contributed by atoms with Crippen LogP contribution in [0.15, 0.2) is 24.3 Å². The van der Waals surface area contributed by atoms with Crippen molar-refractivity contribution in [1.82, 2.24) is 9.80 Å². The molecule has 0 atom stereocenters. The van der Waals surface area contributed by atoms with Crippen LogP contribution in [0.4, 0.5) is 5.69 Å². The summed E-state index contributed by atoms with van der Waals surface area (Å²) < 4.78 is 5.20. The summed E-state index contributed by atoms with van der Waals surface area (Å²) in [6.45, 7) is 3.81.